The van der Waals surface area contributed by atoms with Crippen LogP contribution in [0.25, 0.3) is 0 Å². The van der Waals surface area contributed by atoms with E-state index in [0.29, 0.717) is 35.4 Å². The van der Waals surface area contributed by atoms with Crippen molar-refractivity contribution in [3.8, 4) is 0 Å². The van der Waals surface area contributed by atoms with Crippen LogP contribution in [0.1, 0.15) is 56.0 Å². The summed E-state index contributed by atoms with van der Waals surface area (Å²) in [6.07, 6.45) is 2.27. The summed E-state index contributed by atoms with van der Waals surface area (Å²) in [7, 11) is -3.83. The average molecular weight is 509 g/mol. The van der Waals surface area contributed by atoms with E-state index >= 15 is 0 Å². The lowest BCUT2D eigenvalue weighted by molar-refractivity contribution is -0.120. The average Bonchev–Trinajstić information content (AvgIpc) is 3.43. The number of piperidine rings is 1. The summed E-state index contributed by atoms with van der Waals surface area (Å²) in [6, 6.07) is 10.3. The minimum absolute atomic E-state index is 0.0455. The lowest BCUT2D eigenvalue weighted by Gasteiger charge is -2.32. The molecule has 1 saturated heterocycles. The number of rotatable bonds is 7. The van der Waals surface area contributed by atoms with Crippen LogP contribution in [0, 0.1) is 0 Å². The van der Waals surface area contributed by atoms with Crippen LogP contribution < -0.4 is 5.32 Å². The lowest BCUT2D eigenvalue weighted by Crippen LogP contribution is -2.49. The molecule has 0 saturated carbocycles. The van der Waals surface area contributed by atoms with Crippen LogP contribution in [0.15, 0.2) is 45.0 Å². The maximum Gasteiger partial charge on any atom is 0.322 e. The van der Waals surface area contributed by atoms with E-state index in [-0.39, 0.29) is 16.8 Å². The van der Waals surface area contributed by atoms with Crippen molar-refractivity contribution in [3.63, 3.8) is 0 Å². The first-order chi connectivity index (χ1) is 15.7. The van der Waals surface area contributed by atoms with E-state index in [1.807, 2.05) is 12.1 Å². The van der Waals surface area contributed by atoms with Gasteiger partial charge in [0.2, 0.25) is 11.8 Å². The van der Waals surface area contributed by atoms with E-state index in [0.717, 1.165) is 23.3 Å². The molecule has 4 rings (SSSR count). The largest absolute Gasteiger partial charge is 0.407 e. The Morgan fingerprint density at radius 2 is 1.97 bits per heavy atom. The summed E-state index contributed by atoms with van der Waals surface area (Å²) in [6.45, 7) is 4.53. The van der Waals surface area contributed by atoms with Crippen LogP contribution >= 0.6 is 22.9 Å². The molecule has 1 aromatic carbocycles. The number of sulfonamides is 1. The van der Waals surface area contributed by atoms with Gasteiger partial charge in [0.1, 0.15) is 10.3 Å². The molecular formula is C22H25ClN4O4S2. The minimum atomic E-state index is -3.83. The second-order valence-corrected chi connectivity index (χ2v) is 12.1. The molecule has 2 aromatic heterocycles. The van der Waals surface area contributed by atoms with Gasteiger partial charge in [-0.05, 0) is 42.0 Å². The van der Waals surface area contributed by atoms with Crippen LogP contribution in [-0.2, 0) is 21.2 Å². The van der Waals surface area contributed by atoms with E-state index in [4.69, 9.17) is 16.0 Å². The van der Waals surface area contributed by atoms with Crippen molar-refractivity contribution in [3.05, 3.63) is 57.8 Å². The highest BCUT2D eigenvalue weighted by atomic mass is 35.5. The third-order valence-electron chi connectivity index (χ3n) is 5.57. The monoisotopic (exact) mass is 508 g/mol. The summed E-state index contributed by atoms with van der Waals surface area (Å²) >= 11 is 6.90. The Bertz CT molecular complexity index is 1220. The highest BCUT2D eigenvalue weighted by Gasteiger charge is 2.38. The number of carbonyl (C=O) groups is 1. The van der Waals surface area contributed by atoms with Gasteiger partial charge in [0.15, 0.2) is 0 Å². The molecule has 1 unspecified atom stereocenters. The number of carbonyl (C=O) groups excluding carboxylic acids is 1. The molecular weight excluding hydrogens is 484 g/mol. The maximum absolute atomic E-state index is 13.1. The molecule has 1 fully saturated rings. The molecule has 0 spiro atoms. The van der Waals surface area contributed by atoms with E-state index in [2.05, 4.69) is 41.5 Å². The normalized spacial score (nSPS) is 17.4. The van der Waals surface area contributed by atoms with Gasteiger partial charge in [-0.1, -0.05) is 61.2 Å². The molecule has 1 aliphatic heterocycles. The zero-order valence-corrected chi connectivity index (χ0v) is 20.7. The van der Waals surface area contributed by atoms with Crippen LogP contribution in [0.5, 0.6) is 0 Å². The third-order valence-corrected chi connectivity index (χ3v) is 9.17. The summed E-state index contributed by atoms with van der Waals surface area (Å²) in [5.41, 5.74) is 2.26. The summed E-state index contributed by atoms with van der Waals surface area (Å²) in [5.74, 6) is 0.325. The number of thiophene rings is 1. The number of amides is 1. The Morgan fingerprint density at radius 1 is 1.21 bits per heavy atom. The minimum Gasteiger partial charge on any atom is -0.407 e. The van der Waals surface area contributed by atoms with Gasteiger partial charge in [0.25, 0.3) is 10.0 Å². The fourth-order valence-electron chi connectivity index (χ4n) is 3.77. The summed E-state index contributed by atoms with van der Waals surface area (Å²) in [4.78, 5) is 13.0. The Hall–Kier alpha value is -2.27. The van der Waals surface area contributed by atoms with Crippen LogP contribution in [-0.4, -0.2) is 41.4 Å². The summed E-state index contributed by atoms with van der Waals surface area (Å²) < 4.78 is 33.5. The van der Waals surface area contributed by atoms with Gasteiger partial charge in [-0.3, -0.25) is 10.1 Å². The van der Waals surface area contributed by atoms with Crippen molar-refractivity contribution < 1.29 is 17.6 Å². The molecule has 0 radical (unpaired) electrons. The number of anilines is 1. The van der Waals surface area contributed by atoms with Crippen molar-refractivity contribution in [1.29, 1.82) is 0 Å². The Morgan fingerprint density at radius 3 is 2.64 bits per heavy atom. The quantitative estimate of drug-likeness (QED) is 0.496. The lowest BCUT2D eigenvalue weighted by atomic mass is 10.0. The molecule has 176 valence electrons. The van der Waals surface area contributed by atoms with Crippen molar-refractivity contribution >= 4 is 44.9 Å². The highest BCUT2D eigenvalue weighted by Crippen LogP contribution is 2.32. The molecule has 1 amide bonds. The van der Waals surface area contributed by atoms with Gasteiger partial charge < -0.3 is 4.42 Å². The molecule has 1 N–H and O–H groups in total. The zero-order chi connectivity index (χ0) is 23.6. The molecule has 3 heterocycles. The highest BCUT2D eigenvalue weighted by molar-refractivity contribution is 7.91. The van der Waals surface area contributed by atoms with Gasteiger partial charge in [0.05, 0.1) is 10.8 Å². The molecule has 33 heavy (non-hydrogen) atoms. The first kappa shape index (κ1) is 23.9. The Labute approximate surface area is 202 Å². The van der Waals surface area contributed by atoms with Crippen molar-refractivity contribution in [1.82, 2.24) is 14.5 Å². The smallest absolute Gasteiger partial charge is 0.322 e. The van der Waals surface area contributed by atoms with Crippen molar-refractivity contribution in [2.24, 2.45) is 0 Å². The molecule has 11 heteroatoms. The molecule has 8 nitrogen and oxygen atoms in total. The standard InChI is InChI=1S/C22H25ClN4O4S2/c1-14(2)16-8-6-15(7-9-16)13-19-25-26-22(31-19)24-21(28)17-5-3-4-12-27(17)33(29,30)20-11-10-18(23)32-20/h6-11,14,17H,3-5,12-13H2,1-2H3,(H,24,26,28). The fraction of sp³-hybridized carbons (Fsp3) is 0.409. The number of nitrogens with zero attached hydrogens (tertiary/aromatic N) is 3. The second kappa shape index (κ2) is 9.92. The fourth-order valence-corrected chi connectivity index (χ4v) is 7.03. The van der Waals surface area contributed by atoms with E-state index < -0.39 is 22.0 Å². The van der Waals surface area contributed by atoms with Crippen molar-refractivity contribution in [2.45, 2.75) is 55.7 Å². The zero-order valence-electron chi connectivity index (χ0n) is 18.3. The van der Waals surface area contributed by atoms with Gasteiger partial charge >= 0.3 is 6.01 Å². The molecule has 0 bridgehead atoms. The predicted octanol–water partition coefficient (Wildman–Crippen LogP) is 4.68. The maximum atomic E-state index is 13.1. The van der Waals surface area contributed by atoms with Crippen LogP contribution in [0.2, 0.25) is 4.34 Å². The third kappa shape index (κ3) is 5.46. The second-order valence-electron chi connectivity index (χ2n) is 8.25. The molecule has 1 atom stereocenters. The number of aromatic nitrogens is 2. The number of benzene rings is 1. The van der Waals surface area contributed by atoms with Crippen molar-refractivity contribution in [2.75, 3.05) is 11.9 Å². The van der Waals surface area contributed by atoms with Gasteiger partial charge in [-0.25, -0.2) is 8.42 Å². The van der Waals surface area contributed by atoms with Gasteiger partial charge in [-0.15, -0.1) is 16.4 Å². The number of nitrogens with one attached hydrogen (secondary N) is 1. The Kier molecular flexibility index (Phi) is 7.18. The first-order valence-corrected chi connectivity index (χ1v) is 13.4. The van der Waals surface area contributed by atoms with E-state index in [1.54, 1.807) is 0 Å². The van der Waals surface area contributed by atoms with Gasteiger partial charge in [-0.2, -0.15) is 4.31 Å². The SMILES string of the molecule is CC(C)c1ccc(Cc2nnc(NC(=O)C3CCCCN3S(=O)(=O)c3ccc(Cl)s3)o2)cc1. The topological polar surface area (TPSA) is 105 Å². The predicted molar refractivity (Wildman–Crippen MR) is 127 cm³/mol. The van der Waals surface area contributed by atoms with Crippen LogP contribution in [0.3, 0.4) is 0 Å². The first-order valence-electron chi connectivity index (χ1n) is 10.7. The molecule has 1 aliphatic rings. The van der Waals surface area contributed by atoms with E-state index in [1.165, 1.54) is 22.0 Å². The number of hydrogen-bond donors (Lipinski definition) is 1. The molecule has 0 aliphatic carbocycles. The summed E-state index contributed by atoms with van der Waals surface area (Å²) in [5, 5.41) is 10.5. The Balaban J connectivity index is 1.44. The number of halogens is 1. The van der Waals surface area contributed by atoms with Gasteiger partial charge in [0, 0.05) is 6.54 Å². The van der Waals surface area contributed by atoms with Crippen LogP contribution in [0.4, 0.5) is 6.01 Å². The molecule has 3 aromatic rings. The number of hydrogen-bond acceptors (Lipinski definition) is 7. The van der Waals surface area contributed by atoms with E-state index in [9.17, 15) is 13.2 Å².